The lowest BCUT2D eigenvalue weighted by Gasteiger charge is -2.62. The standard InChI is InChI=1S/C31H42O5/c1-18-15-31(35-24(18)33)16-19(25(34-6)36-31)20-9-11-28(5)22-8-7-21-26(2,3)23(32)10-12-29(21)17-30(22,29)14-13-27(20,28)4/h10,12,15,19-22,25H,7-9,11,13-14,16-17H2,1-6H3/t19-,20-,21+,22+,25-,27-,28+,29-,30+,31+/m1/s1. The Labute approximate surface area is 215 Å². The molecule has 5 fully saturated rings. The van der Waals surface area contributed by atoms with Crippen LogP contribution in [0, 0.1) is 50.7 Å². The van der Waals surface area contributed by atoms with Gasteiger partial charge in [0, 0.05) is 30.4 Å². The highest BCUT2D eigenvalue weighted by Gasteiger charge is 2.82. The Balaban J connectivity index is 1.22. The summed E-state index contributed by atoms with van der Waals surface area (Å²) in [5, 5.41) is 0. The molecule has 2 aliphatic heterocycles. The van der Waals surface area contributed by atoms with E-state index in [0.717, 1.165) is 0 Å². The largest absolute Gasteiger partial charge is 0.426 e. The van der Waals surface area contributed by atoms with Crippen molar-refractivity contribution in [2.24, 2.45) is 50.7 Å². The van der Waals surface area contributed by atoms with Crippen molar-refractivity contribution in [3.8, 4) is 0 Å². The van der Waals surface area contributed by atoms with Gasteiger partial charge < -0.3 is 14.2 Å². The smallest absolute Gasteiger partial charge is 0.336 e. The molecule has 0 N–H and O–H groups in total. The third-order valence-corrected chi connectivity index (χ3v) is 13.4. The van der Waals surface area contributed by atoms with Gasteiger partial charge in [-0.25, -0.2) is 4.79 Å². The maximum absolute atomic E-state index is 12.8. The van der Waals surface area contributed by atoms with E-state index >= 15 is 0 Å². The number of rotatable bonds is 2. The Kier molecular flexibility index (Phi) is 4.43. The molecule has 0 bridgehead atoms. The minimum absolute atomic E-state index is 0.195. The summed E-state index contributed by atoms with van der Waals surface area (Å²) in [4.78, 5) is 25.1. The second-order valence-electron chi connectivity index (χ2n) is 14.6. The highest BCUT2D eigenvalue weighted by Crippen LogP contribution is 2.88. The van der Waals surface area contributed by atoms with E-state index in [1.54, 1.807) is 14.0 Å². The van der Waals surface area contributed by atoms with Crippen molar-refractivity contribution in [2.75, 3.05) is 7.11 Å². The van der Waals surface area contributed by atoms with Crippen molar-refractivity contribution < 1.29 is 23.8 Å². The molecule has 196 valence electrons. The minimum atomic E-state index is -0.957. The van der Waals surface area contributed by atoms with E-state index in [1.807, 2.05) is 12.2 Å². The van der Waals surface area contributed by atoms with E-state index in [4.69, 9.17) is 14.2 Å². The third-order valence-electron chi connectivity index (χ3n) is 13.4. The number of carbonyl (C=O) groups is 2. The van der Waals surface area contributed by atoms with Gasteiger partial charge in [-0.1, -0.05) is 33.8 Å². The van der Waals surface area contributed by atoms with E-state index in [0.29, 0.717) is 40.9 Å². The summed E-state index contributed by atoms with van der Waals surface area (Å²) >= 11 is 0. The first-order valence-electron chi connectivity index (χ1n) is 14.3. The van der Waals surface area contributed by atoms with Crippen molar-refractivity contribution in [1.82, 2.24) is 0 Å². The fourth-order valence-electron chi connectivity index (χ4n) is 11.5. The predicted octanol–water partition coefficient (Wildman–Crippen LogP) is 5.98. The number of hydrogen-bond donors (Lipinski definition) is 0. The van der Waals surface area contributed by atoms with Crippen LogP contribution >= 0.6 is 0 Å². The fourth-order valence-corrected chi connectivity index (χ4v) is 11.5. The summed E-state index contributed by atoms with van der Waals surface area (Å²) in [6.07, 6.45) is 15.1. The lowest BCUT2D eigenvalue weighted by molar-refractivity contribution is -0.234. The van der Waals surface area contributed by atoms with E-state index in [-0.39, 0.29) is 39.8 Å². The summed E-state index contributed by atoms with van der Waals surface area (Å²) in [7, 11) is 1.73. The molecular formula is C31H42O5. The van der Waals surface area contributed by atoms with Gasteiger partial charge in [-0.3, -0.25) is 4.79 Å². The van der Waals surface area contributed by atoms with Crippen molar-refractivity contribution in [2.45, 2.75) is 98.1 Å². The summed E-state index contributed by atoms with van der Waals surface area (Å²) in [6.45, 7) is 11.4. The number of methoxy groups -OCH3 is 1. The van der Waals surface area contributed by atoms with Gasteiger partial charge in [0.25, 0.3) is 0 Å². The first kappa shape index (κ1) is 23.6. The van der Waals surface area contributed by atoms with Crippen molar-refractivity contribution >= 4 is 11.8 Å². The Morgan fingerprint density at radius 3 is 2.42 bits per heavy atom. The Hall–Kier alpha value is -1.46. The lowest BCUT2D eigenvalue weighted by Crippen LogP contribution is -2.56. The molecule has 0 unspecified atom stereocenters. The molecule has 0 aromatic carbocycles. The highest BCUT2D eigenvalue weighted by molar-refractivity contribution is 5.96. The summed E-state index contributed by atoms with van der Waals surface area (Å²) in [6, 6.07) is 0. The molecule has 5 nitrogen and oxygen atoms in total. The quantitative estimate of drug-likeness (QED) is 0.442. The SMILES string of the molecule is CO[C@@H]1O[C@@]2(C=C(C)C(=O)O2)C[C@@H]1[C@H]1CC[C@@]2(C)[C@@H]3CC[C@H]4C(C)(C)C(=O)C=C[C@@]45C[C@@]35CC[C@]12C. The molecule has 0 radical (unpaired) electrons. The molecule has 5 heteroatoms. The van der Waals surface area contributed by atoms with Gasteiger partial charge in [0.05, 0.1) is 0 Å². The molecule has 1 saturated heterocycles. The minimum Gasteiger partial charge on any atom is -0.426 e. The summed E-state index contributed by atoms with van der Waals surface area (Å²) in [5.74, 6) is 0.959. The van der Waals surface area contributed by atoms with E-state index < -0.39 is 5.79 Å². The fraction of sp³-hybridized carbons (Fsp3) is 0.806. The molecule has 2 heterocycles. The van der Waals surface area contributed by atoms with Gasteiger partial charge in [0.2, 0.25) is 5.79 Å². The van der Waals surface area contributed by atoms with Crippen LogP contribution < -0.4 is 0 Å². The molecular weight excluding hydrogens is 452 g/mol. The number of allylic oxidation sites excluding steroid dienone is 2. The molecule has 0 amide bonds. The van der Waals surface area contributed by atoms with Crippen LogP contribution in [0.3, 0.4) is 0 Å². The lowest BCUT2D eigenvalue weighted by atomic mass is 9.42. The Bertz CT molecular complexity index is 1120. The van der Waals surface area contributed by atoms with Crippen LogP contribution in [0.15, 0.2) is 23.8 Å². The van der Waals surface area contributed by atoms with Gasteiger partial charge in [-0.05, 0) is 103 Å². The summed E-state index contributed by atoms with van der Waals surface area (Å²) < 4.78 is 18.0. The molecule has 7 aliphatic rings. The molecule has 0 aromatic heterocycles. The number of carbonyl (C=O) groups excluding carboxylic acids is 2. The first-order valence-corrected chi connectivity index (χ1v) is 14.3. The van der Waals surface area contributed by atoms with Gasteiger partial charge in [0.1, 0.15) is 0 Å². The van der Waals surface area contributed by atoms with Crippen molar-refractivity contribution in [3.05, 3.63) is 23.8 Å². The topological polar surface area (TPSA) is 61.8 Å². The first-order chi connectivity index (χ1) is 16.9. The molecule has 3 spiro atoms. The number of hydrogen-bond acceptors (Lipinski definition) is 5. The van der Waals surface area contributed by atoms with Crippen molar-refractivity contribution in [1.29, 1.82) is 0 Å². The average molecular weight is 495 g/mol. The van der Waals surface area contributed by atoms with Gasteiger partial charge >= 0.3 is 5.97 Å². The number of fused-ring (bicyclic) bond motifs is 2. The Morgan fingerprint density at radius 1 is 0.972 bits per heavy atom. The Morgan fingerprint density at radius 2 is 1.72 bits per heavy atom. The maximum atomic E-state index is 12.8. The summed E-state index contributed by atoms with van der Waals surface area (Å²) in [5.41, 5.74) is 1.44. The monoisotopic (exact) mass is 494 g/mol. The third kappa shape index (κ3) is 2.47. The average Bonchev–Trinajstić information content (AvgIpc) is 3.06. The van der Waals surface area contributed by atoms with Gasteiger partial charge in [-0.2, -0.15) is 0 Å². The number of ketones is 1. The second kappa shape index (κ2) is 6.75. The molecule has 10 atom stereocenters. The van der Waals surface area contributed by atoms with Crippen molar-refractivity contribution in [3.63, 3.8) is 0 Å². The molecule has 7 rings (SSSR count). The van der Waals surface area contributed by atoms with Gasteiger partial charge in [-0.15, -0.1) is 0 Å². The maximum Gasteiger partial charge on any atom is 0.336 e. The zero-order chi connectivity index (χ0) is 25.5. The molecule has 36 heavy (non-hydrogen) atoms. The molecule has 5 aliphatic carbocycles. The van der Waals surface area contributed by atoms with Crippen LogP contribution in [-0.4, -0.2) is 30.9 Å². The van der Waals surface area contributed by atoms with Gasteiger partial charge in [0.15, 0.2) is 12.1 Å². The predicted molar refractivity (Wildman–Crippen MR) is 134 cm³/mol. The van der Waals surface area contributed by atoms with E-state index in [1.165, 1.54) is 44.9 Å². The highest BCUT2D eigenvalue weighted by atomic mass is 16.8. The van der Waals surface area contributed by atoms with E-state index in [2.05, 4.69) is 33.8 Å². The van der Waals surface area contributed by atoms with Crippen LogP contribution in [-0.2, 0) is 23.8 Å². The van der Waals surface area contributed by atoms with Crippen LogP contribution in [0.2, 0.25) is 0 Å². The number of ether oxygens (including phenoxy) is 3. The normalized spacial score (nSPS) is 56.1. The zero-order valence-corrected chi connectivity index (χ0v) is 22.8. The zero-order valence-electron chi connectivity index (χ0n) is 22.8. The van der Waals surface area contributed by atoms with Crippen LogP contribution in [0.5, 0.6) is 0 Å². The number of esters is 1. The van der Waals surface area contributed by atoms with E-state index in [9.17, 15) is 9.59 Å². The molecule has 0 aromatic rings. The second-order valence-corrected chi connectivity index (χ2v) is 14.6. The van der Waals surface area contributed by atoms with Crippen LogP contribution in [0.25, 0.3) is 0 Å². The molecule has 4 saturated carbocycles. The van der Waals surface area contributed by atoms with Crippen LogP contribution in [0.4, 0.5) is 0 Å². The van der Waals surface area contributed by atoms with Crippen LogP contribution in [0.1, 0.15) is 86.0 Å².